The third-order valence-corrected chi connectivity index (χ3v) is 5.79. The molecule has 1 aliphatic rings. The van der Waals surface area contributed by atoms with Gasteiger partial charge in [-0.15, -0.1) is 0 Å². The largest absolute Gasteiger partial charge is 0.337 e. The molecule has 34 heavy (non-hydrogen) atoms. The molecule has 3 N–H and O–H groups in total. The van der Waals surface area contributed by atoms with Gasteiger partial charge in [-0.3, -0.25) is 19.5 Å². The summed E-state index contributed by atoms with van der Waals surface area (Å²) in [6, 6.07) is 5.85. The summed E-state index contributed by atoms with van der Waals surface area (Å²) in [7, 11) is 0. The summed E-state index contributed by atoms with van der Waals surface area (Å²) in [5.74, 6) is 0.464. The minimum Gasteiger partial charge on any atom is -0.337 e. The standard InChI is InChI=1S/C24H29N7O3/c1-5-9-30-13-31(12-16(4)32)24(34)21-23(30)28-22(27-21)17-11-25-29-18(17)10-19(33)26-20-14(2)7-6-8-15(20)3/h6-8,11H,5,9-10,12-13H2,1-4H3,(H,25,29)(H,26,33)(H,27,28). The van der Waals surface area contributed by atoms with Crippen LogP contribution in [0, 0.1) is 13.8 Å². The molecule has 0 bridgehead atoms. The fourth-order valence-electron chi connectivity index (χ4n) is 4.21. The number of Topliss-reactive ketones (excluding diaryl/α,β-unsaturated/α-hetero) is 1. The Hall–Kier alpha value is -3.95. The van der Waals surface area contributed by atoms with Crippen molar-refractivity contribution in [3.63, 3.8) is 0 Å². The van der Waals surface area contributed by atoms with Crippen LogP contribution in [-0.4, -0.2) is 62.4 Å². The molecular formula is C24H29N7O3. The molecule has 0 atom stereocenters. The van der Waals surface area contributed by atoms with Crippen molar-refractivity contribution < 1.29 is 14.4 Å². The van der Waals surface area contributed by atoms with Crippen LogP contribution in [0.2, 0.25) is 0 Å². The minimum atomic E-state index is -0.269. The van der Waals surface area contributed by atoms with Crippen LogP contribution in [-0.2, 0) is 16.0 Å². The van der Waals surface area contributed by atoms with Gasteiger partial charge in [-0.05, 0) is 38.3 Å². The lowest BCUT2D eigenvalue weighted by molar-refractivity contribution is -0.118. The van der Waals surface area contributed by atoms with Gasteiger partial charge in [0, 0.05) is 12.2 Å². The van der Waals surface area contributed by atoms with Crippen molar-refractivity contribution in [3.8, 4) is 11.4 Å². The third kappa shape index (κ3) is 4.57. The molecule has 1 aliphatic heterocycles. The number of fused-ring (bicyclic) bond motifs is 1. The van der Waals surface area contributed by atoms with Crippen LogP contribution in [0.3, 0.4) is 0 Å². The summed E-state index contributed by atoms with van der Waals surface area (Å²) < 4.78 is 0. The van der Waals surface area contributed by atoms with Crippen molar-refractivity contribution >= 4 is 29.1 Å². The van der Waals surface area contributed by atoms with Crippen molar-refractivity contribution in [1.29, 1.82) is 0 Å². The Kier molecular flexibility index (Phi) is 6.49. The Balaban J connectivity index is 1.60. The second kappa shape index (κ2) is 9.50. The predicted molar refractivity (Wildman–Crippen MR) is 129 cm³/mol. The number of aromatic nitrogens is 4. The number of aromatic amines is 2. The second-order valence-corrected chi connectivity index (χ2v) is 8.65. The van der Waals surface area contributed by atoms with Crippen molar-refractivity contribution in [1.82, 2.24) is 25.1 Å². The number of ketones is 1. The highest BCUT2D eigenvalue weighted by Crippen LogP contribution is 2.30. The molecule has 0 radical (unpaired) electrons. The Bertz CT molecular complexity index is 1220. The molecule has 2 amide bonds. The zero-order chi connectivity index (χ0) is 24.4. The second-order valence-electron chi connectivity index (χ2n) is 8.65. The number of hydrogen-bond donors (Lipinski definition) is 3. The van der Waals surface area contributed by atoms with Gasteiger partial charge >= 0.3 is 0 Å². The van der Waals surface area contributed by atoms with Crippen LogP contribution in [0.4, 0.5) is 11.5 Å². The molecular weight excluding hydrogens is 434 g/mol. The van der Waals surface area contributed by atoms with Crippen molar-refractivity contribution in [2.75, 3.05) is 30.0 Å². The number of para-hydroxylation sites is 1. The predicted octanol–water partition coefficient (Wildman–Crippen LogP) is 2.82. The summed E-state index contributed by atoms with van der Waals surface area (Å²) in [6.07, 6.45) is 2.52. The maximum atomic E-state index is 13.0. The number of anilines is 2. The molecule has 10 nitrogen and oxygen atoms in total. The van der Waals surface area contributed by atoms with Crippen molar-refractivity contribution in [2.24, 2.45) is 0 Å². The van der Waals surface area contributed by atoms with Gasteiger partial charge in [0.15, 0.2) is 5.82 Å². The lowest BCUT2D eigenvalue weighted by Crippen LogP contribution is -2.48. The lowest BCUT2D eigenvalue weighted by Gasteiger charge is -2.34. The van der Waals surface area contributed by atoms with Gasteiger partial charge in [-0.2, -0.15) is 5.10 Å². The zero-order valence-electron chi connectivity index (χ0n) is 19.9. The number of rotatable bonds is 8. The van der Waals surface area contributed by atoms with E-state index in [2.05, 4.69) is 25.5 Å². The fraction of sp³-hybridized carbons (Fsp3) is 0.375. The van der Waals surface area contributed by atoms with Crippen LogP contribution in [0.5, 0.6) is 0 Å². The number of aryl methyl sites for hydroxylation is 2. The highest BCUT2D eigenvalue weighted by molar-refractivity contribution is 6.01. The average molecular weight is 464 g/mol. The SMILES string of the molecule is CCCN1CN(CC(C)=O)C(=O)c2[nH]c(-c3cn[nH]c3CC(=O)Nc3c(C)cccc3C)nc21. The molecule has 2 aromatic heterocycles. The van der Waals surface area contributed by atoms with Gasteiger partial charge in [0.2, 0.25) is 5.91 Å². The maximum Gasteiger partial charge on any atom is 0.276 e. The van der Waals surface area contributed by atoms with E-state index in [4.69, 9.17) is 0 Å². The first kappa shape index (κ1) is 23.2. The number of amides is 2. The first-order valence-electron chi connectivity index (χ1n) is 11.3. The van der Waals surface area contributed by atoms with E-state index in [1.165, 1.54) is 11.8 Å². The van der Waals surface area contributed by atoms with Gasteiger partial charge in [0.05, 0.1) is 37.1 Å². The van der Waals surface area contributed by atoms with Crippen molar-refractivity contribution in [2.45, 2.75) is 40.5 Å². The Labute approximate surface area is 197 Å². The van der Waals surface area contributed by atoms with Crippen LogP contribution in [0.25, 0.3) is 11.4 Å². The summed E-state index contributed by atoms with van der Waals surface area (Å²) in [6.45, 7) is 8.45. The monoisotopic (exact) mass is 463 g/mol. The summed E-state index contributed by atoms with van der Waals surface area (Å²) >= 11 is 0. The molecule has 178 valence electrons. The number of carbonyl (C=O) groups excluding carboxylic acids is 3. The molecule has 3 aromatic rings. The first-order valence-corrected chi connectivity index (χ1v) is 11.3. The van der Waals surface area contributed by atoms with E-state index < -0.39 is 0 Å². The average Bonchev–Trinajstić information content (AvgIpc) is 3.41. The molecule has 0 unspecified atom stereocenters. The normalized spacial score (nSPS) is 13.2. The van der Waals surface area contributed by atoms with Gasteiger partial charge in [0.1, 0.15) is 17.3 Å². The molecule has 3 heterocycles. The van der Waals surface area contributed by atoms with Gasteiger partial charge in [-0.25, -0.2) is 4.98 Å². The maximum absolute atomic E-state index is 13.0. The highest BCUT2D eigenvalue weighted by atomic mass is 16.2. The molecule has 0 aliphatic carbocycles. The quantitative estimate of drug-likeness (QED) is 0.471. The molecule has 0 saturated carbocycles. The molecule has 0 spiro atoms. The highest BCUT2D eigenvalue weighted by Gasteiger charge is 2.33. The molecule has 0 fully saturated rings. The van der Waals surface area contributed by atoms with Gasteiger partial charge < -0.3 is 20.1 Å². The van der Waals surface area contributed by atoms with E-state index in [1.807, 2.05) is 43.9 Å². The van der Waals surface area contributed by atoms with Crippen LogP contribution >= 0.6 is 0 Å². The summed E-state index contributed by atoms with van der Waals surface area (Å²) in [5.41, 5.74) is 4.32. The fourth-order valence-corrected chi connectivity index (χ4v) is 4.21. The Morgan fingerprint density at radius 3 is 2.59 bits per heavy atom. The van der Waals surface area contributed by atoms with Gasteiger partial charge in [-0.1, -0.05) is 25.1 Å². The number of H-pyrrole nitrogens is 2. The summed E-state index contributed by atoms with van der Waals surface area (Å²) in [5, 5.41) is 9.98. The third-order valence-electron chi connectivity index (χ3n) is 5.79. The zero-order valence-corrected chi connectivity index (χ0v) is 19.9. The number of nitrogens with zero attached hydrogens (tertiary/aromatic N) is 4. The number of nitrogens with one attached hydrogen (secondary N) is 3. The van der Waals surface area contributed by atoms with E-state index in [-0.39, 0.29) is 30.6 Å². The Morgan fingerprint density at radius 1 is 1.18 bits per heavy atom. The van der Waals surface area contributed by atoms with E-state index in [1.54, 1.807) is 6.20 Å². The number of imidazole rings is 1. The topological polar surface area (TPSA) is 127 Å². The molecule has 1 aromatic carbocycles. The molecule has 0 saturated heterocycles. The van der Waals surface area contributed by atoms with Crippen LogP contribution in [0.1, 0.15) is 47.6 Å². The lowest BCUT2D eigenvalue weighted by atomic mass is 10.1. The van der Waals surface area contributed by atoms with Crippen LogP contribution < -0.4 is 10.2 Å². The molecule has 10 heteroatoms. The van der Waals surface area contributed by atoms with Crippen molar-refractivity contribution in [3.05, 3.63) is 46.9 Å². The van der Waals surface area contributed by atoms with E-state index in [0.717, 1.165) is 23.2 Å². The smallest absolute Gasteiger partial charge is 0.276 e. The van der Waals surface area contributed by atoms with E-state index in [9.17, 15) is 14.4 Å². The number of carbonyl (C=O) groups is 3. The Morgan fingerprint density at radius 2 is 1.91 bits per heavy atom. The molecule has 4 rings (SSSR count). The van der Waals surface area contributed by atoms with Gasteiger partial charge in [0.25, 0.3) is 5.91 Å². The number of benzene rings is 1. The minimum absolute atomic E-state index is 0.0439. The van der Waals surface area contributed by atoms with Crippen LogP contribution in [0.15, 0.2) is 24.4 Å². The summed E-state index contributed by atoms with van der Waals surface area (Å²) in [4.78, 5) is 48.8. The van der Waals surface area contributed by atoms with E-state index >= 15 is 0 Å². The first-order chi connectivity index (χ1) is 16.3. The van der Waals surface area contributed by atoms with E-state index in [0.29, 0.717) is 41.8 Å². The number of hydrogen-bond acceptors (Lipinski definition) is 6.